The summed E-state index contributed by atoms with van der Waals surface area (Å²) in [6, 6.07) is -2.76. The molecule has 6 aliphatic rings. The van der Waals surface area contributed by atoms with Gasteiger partial charge in [0.15, 0.2) is 6.30 Å². The van der Waals surface area contributed by atoms with E-state index >= 15 is 0 Å². The van der Waals surface area contributed by atoms with E-state index in [4.69, 9.17) is 5.41 Å². The van der Waals surface area contributed by atoms with Crippen LogP contribution in [0.1, 0.15) is 139 Å². The minimum absolute atomic E-state index is 0.00641. The SMILES string of the molecule is CC(C)N1CCN(C)C[C@H]1F.CCC[C@H](NC(=O)[C@@H]1C[C@@]2(CN1C(=O)[C@@H](NC(=O)C(NC=O)C1CCCCC1)C(C)(C)C)C(C)(C)C21CCC1)C(=N)C(=O)NC1CC1. The van der Waals surface area contributed by atoms with E-state index in [0.29, 0.717) is 44.8 Å². The fraction of sp³-hybridized carbons (Fsp3) is 0.864. The summed E-state index contributed by atoms with van der Waals surface area (Å²) in [6.45, 7) is 19.1. The molecule has 2 heterocycles. The van der Waals surface area contributed by atoms with Gasteiger partial charge >= 0.3 is 0 Å². The lowest BCUT2D eigenvalue weighted by Crippen LogP contribution is -2.61. The Balaban J connectivity index is 0.000000503. The van der Waals surface area contributed by atoms with Gasteiger partial charge < -0.3 is 31.1 Å². The van der Waals surface area contributed by atoms with Gasteiger partial charge in [-0.3, -0.25) is 34.3 Å². The van der Waals surface area contributed by atoms with E-state index in [2.05, 4.69) is 35.1 Å². The summed E-state index contributed by atoms with van der Waals surface area (Å²) in [5.74, 6) is -1.47. The van der Waals surface area contributed by atoms with Crippen molar-refractivity contribution in [3.8, 4) is 0 Å². The lowest BCUT2D eigenvalue weighted by atomic mass is 9.73. The van der Waals surface area contributed by atoms with Gasteiger partial charge in [-0.25, -0.2) is 4.39 Å². The second kappa shape index (κ2) is 18.2. The molecule has 1 unspecified atom stereocenters. The first-order valence-electron chi connectivity index (χ1n) is 22.3. The number of amides is 5. The number of halogens is 1. The van der Waals surface area contributed by atoms with Crippen LogP contribution in [0.5, 0.6) is 0 Å². The Morgan fingerprint density at radius 3 is 2.10 bits per heavy atom. The molecule has 328 valence electrons. The molecule has 13 nitrogen and oxygen atoms in total. The zero-order chi connectivity index (χ0) is 42.8. The van der Waals surface area contributed by atoms with Crippen molar-refractivity contribution < 1.29 is 28.4 Å². The maximum Gasteiger partial charge on any atom is 0.267 e. The molecule has 6 atom stereocenters. The zero-order valence-electron chi connectivity index (χ0n) is 37.0. The summed E-state index contributed by atoms with van der Waals surface area (Å²) >= 11 is 0. The Hall–Kier alpha value is -3.13. The molecular weight excluding hydrogens is 740 g/mol. The van der Waals surface area contributed by atoms with E-state index in [1.807, 2.05) is 58.4 Å². The highest BCUT2D eigenvalue weighted by molar-refractivity contribution is 6.40. The van der Waals surface area contributed by atoms with Crippen molar-refractivity contribution >= 4 is 35.8 Å². The first-order valence-corrected chi connectivity index (χ1v) is 22.3. The van der Waals surface area contributed by atoms with E-state index in [1.54, 1.807) is 4.90 Å². The van der Waals surface area contributed by atoms with Crippen molar-refractivity contribution in [1.82, 2.24) is 36.0 Å². The number of hydrogen-bond acceptors (Lipinski definition) is 8. The third-order valence-electron chi connectivity index (χ3n) is 15.1. The van der Waals surface area contributed by atoms with E-state index in [0.717, 1.165) is 77.3 Å². The van der Waals surface area contributed by atoms with Crippen LogP contribution in [0.15, 0.2) is 0 Å². The van der Waals surface area contributed by atoms with E-state index < -0.39 is 41.8 Å². The van der Waals surface area contributed by atoms with Gasteiger partial charge in [0.2, 0.25) is 24.1 Å². The first-order chi connectivity index (χ1) is 27.2. The van der Waals surface area contributed by atoms with Crippen LogP contribution in [-0.4, -0.2) is 126 Å². The van der Waals surface area contributed by atoms with Gasteiger partial charge in [-0.05, 0) is 94.4 Å². The number of alkyl halides is 1. The van der Waals surface area contributed by atoms with Crippen molar-refractivity contribution in [1.29, 1.82) is 5.41 Å². The number of carbonyl (C=O) groups is 5. The van der Waals surface area contributed by atoms with Crippen LogP contribution in [0.2, 0.25) is 0 Å². The normalized spacial score (nSPS) is 28.4. The number of fused-ring (bicyclic) bond motifs is 1. The van der Waals surface area contributed by atoms with Gasteiger partial charge in [-0.15, -0.1) is 0 Å². The predicted molar refractivity (Wildman–Crippen MR) is 224 cm³/mol. The van der Waals surface area contributed by atoms with Crippen LogP contribution in [-0.2, 0) is 24.0 Å². The van der Waals surface area contributed by atoms with Crippen LogP contribution in [0.4, 0.5) is 4.39 Å². The van der Waals surface area contributed by atoms with E-state index in [-0.39, 0.29) is 51.6 Å². The van der Waals surface area contributed by atoms with Crippen molar-refractivity contribution in [2.24, 2.45) is 27.6 Å². The molecule has 4 aliphatic carbocycles. The van der Waals surface area contributed by atoms with Crippen LogP contribution in [0.3, 0.4) is 0 Å². The second-order valence-electron chi connectivity index (χ2n) is 20.3. The summed E-state index contributed by atoms with van der Waals surface area (Å²) in [4.78, 5) is 72.9. The summed E-state index contributed by atoms with van der Waals surface area (Å²) in [5, 5.41) is 20.3. The summed E-state index contributed by atoms with van der Waals surface area (Å²) < 4.78 is 13.2. The fourth-order valence-electron chi connectivity index (χ4n) is 11.0. The van der Waals surface area contributed by atoms with Gasteiger partial charge in [-0.1, -0.05) is 73.6 Å². The van der Waals surface area contributed by atoms with Crippen molar-refractivity contribution in [3.63, 3.8) is 0 Å². The topological polar surface area (TPSA) is 167 Å². The molecule has 0 aromatic carbocycles. The summed E-state index contributed by atoms with van der Waals surface area (Å²) in [5.41, 5.74) is -1.03. The zero-order valence-corrected chi connectivity index (χ0v) is 37.0. The Labute approximate surface area is 347 Å². The average molecular weight is 815 g/mol. The second-order valence-corrected chi connectivity index (χ2v) is 20.3. The van der Waals surface area contributed by atoms with E-state index in [1.165, 1.54) is 0 Å². The number of hydrogen-bond donors (Lipinski definition) is 5. The lowest BCUT2D eigenvalue weighted by molar-refractivity contribution is -0.144. The van der Waals surface area contributed by atoms with Crippen molar-refractivity contribution in [3.05, 3.63) is 0 Å². The maximum atomic E-state index is 14.8. The molecule has 4 saturated carbocycles. The molecule has 0 aromatic heterocycles. The first kappa shape index (κ1) is 45.9. The fourth-order valence-corrected chi connectivity index (χ4v) is 11.0. The van der Waals surface area contributed by atoms with Crippen LogP contribution < -0.4 is 21.3 Å². The molecule has 0 bridgehead atoms. The summed E-state index contributed by atoms with van der Waals surface area (Å²) in [6.07, 6.45) is 11.3. The standard InChI is InChI=1S/C36H58N6O5.C8H17FN2/c1-7-12-24(26(37)30(45)39-23-15-16-23)40-29(44)25-19-36(34(5,6)35(36)17-11-18-35)20-42(25)32(47)28(33(2,3)4)41-31(46)27(38-21-43)22-13-9-8-10-14-22;1-7(2)11-5-4-10(3)6-8(11)9/h21-25,27-28,37H,7-20H2,1-6H3,(H,38,43)(H,39,45)(H,40,44)(H,41,46);7-8H,4-6H2,1-3H3/t24-,25-,27?,28+,36+;8-/m00/s1. The number of rotatable bonds is 14. The van der Waals surface area contributed by atoms with Gasteiger partial charge in [0.1, 0.15) is 23.8 Å². The summed E-state index contributed by atoms with van der Waals surface area (Å²) in [7, 11) is 1.96. The molecule has 2 aliphatic heterocycles. The molecule has 2 spiro atoms. The number of nitrogens with one attached hydrogen (secondary N) is 5. The Morgan fingerprint density at radius 1 is 0.948 bits per heavy atom. The monoisotopic (exact) mass is 815 g/mol. The Morgan fingerprint density at radius 2 is 1.60 bits per heavy atom. The number of likely N-dealkylation sites (tertiary alicyclic amines) is 1. The molecule has 6 rings (SSSR count). The van der Waals surface area contributed by atoms with Crippen molar-refractivity contribution in [2.75, 3.05) is 33.2 Å². The highest BCUT2D eigenvalue weighted by Gasteiger charge is 2.85. The molecule has 14 heteroatoms. The number of nitrogens with zero attached hydrogens (tertiary/aromatic N) is 3. The van der Waals surface area contributed by atoms with Crippen LogP contribution in [0.25, 0.3) is 0 Å². The Kier molecular flexibility index (Phi) is 14.4. The number of piperazine rings is 1. The minimum atomic E-state index is -0.923. The van der Waals surface area contributed by atoms with Gasteiger partial charge in [-0.2, -0.15) is 0 Å². The quantitative estimate of drug-likeness (QED) is 0.0977. The van der Waals surface area contributed by atoms with Crippen molar-refractivity contribution in [2.45, 2.75) is 181 Å². The smallest absolute Gasteiger partial charge is 0.267 e. The largest absolute Gasteiger partial charge is 0.348 e. The van der Waals surface area contributed by atoms with Gasteiger partial charge in [0, 0.05) is 43.7 Å². The third-order valence-corrected chi connectivity index (χ3v) is 15.1. The van der Waals surface area contributed by atoms with Crippen LogP contribution in [0, 0.1) is 33.0 Å². The molecule has 5 N–H and O–H groups in total. The highest BCUT2D eigenvalue weighted by Crippen LogP contribution is 2.88. The molecular formula is C44H75FN8O5. The predicted octanol–water partition coefficient (Wildman–Crippen LogP) is 4.53. The molecule has 58 heavy (non-hydrogen) atoms. The van der Waals surface area contributed by atoms with Gasteiger partial charge in [0.25, 0.3) is 5.91 Å². The number of likely N-dealkylation sites (N-methyl/N-ethyl adjacent to an activating group) is 1. The molecule has 0 aromatic rings. The van der Waals surface area contributed by atoms with E-state index in [9.17, 15) is 28.4 Å². The average Bonchev–Trinajstić information content (AvgIpc) is 3.97. The molecule has 5 amide bonds. The minimum Gasteiger partial charge on any atom is -0.348 e. The molecule has 6 fully saturated rings. The lowest BCUT2D eigenvalue weighted by Gasteiger charge is -2.37. The number of carbonyl (C=O) groups excluding carboxylic acids is 5. The molecule has 0 radical (unpaired) electrons. The Bertz CT molecular complexity index is 1520. The third kappa shape index (κ3) is 9.27. The highest BCUT2D eigenvalue weighted by atomic mass is 19.1. The maximum absolute atomic E-state index is 14.8. The molecule has 2 saturated heterocycles. The van der Waals surface area contributed by atoms with Crippen LogP contribution >= 0.6 is 0 Å². The van der Waals surface area contributed by atoms with Gasteiger partial charge in [0.05, 0.1) is 6.04 Å².